The van der Waals surface area contributed by atoms with Crippen molar-refractivity contribution in [3.05, 3.63) is 35.9 Å². The Bertz CT molecular complexity index is 321. The van der Waals surface area contributed by atoms with Crippen molar-refractivity contribution in [2.45, 2.75) is 36.6 Å². The van der Waals surface area contributed by atoms with Crippen molar-refractivity contribution < 1.29 is 4.74 Å². The maximum Gasteiger partial charge on any atom is 0.0756 e. The van der Waals surface area contributed by atoms with Crippen LogP contribution in [0.25, 0.3) is 0 Å². The van der Waals surface area contributed by atoms with E-state index in [0.29, 0.717) is 10.7 Å². The van der Waals surface area contributed by atoms with E-state index in [0.717, 1.165) is 13.0 Å². The minimum atomic E-state index is -0.0707. The van der Waals surface area contributed by atoms with Gasteiger partial charge in [0.1, 0.15) is 0 Å². The highest BCUT2D eigenvalue weighted by Crippen LogP contribution is 2.40. The van der Waals surface area contributed by atoms with Crippen molar-refractivity contribution in [1.29, 1.82) is 0 Å². The average molecular weight is 269 g/mol. The number of ether oxygens (including phenoxy) is 1. The maximum atomic E-state index is 5.78. The Hall–Kier alpha value is -0.340. The van der Waals surface area contributed by atoms with E-state index in [4.69, 9.17) is 4.74 Å². The topological polar surface area (TPSA) is 9.23 Å². The van der Waals surface area contributed by atoms with Crippen LogP contribution in [0, 0.1) is 0 Å². The Morgan fingerprint density at radius 3 is 2.60 bits per heavy atom. The van der Waals surface area contributed by atoms with Gasteiger partial charge in [0.25, 0.3) is 0 Å². The lowest BCUT2D eigenvalue weighted by atomic mass is 9.83. The predicted octanol–water partition coefficient (Wildman–Crippen LogP) is 3.73. The minimum Gasteiger partial charge on any atom is -0.374 e. The first kappa shape index (κ1) is 11.2. The largest absolute Gasteiger partial charge is 0.374 e. The molecule has 0 saturated carbocycles. The fourth-order valence-corrected chi connectivity index (χ4v) is 2.90. The predicted molar refractivity (Wildman–Crippen MR) is 66.5 cm³/mol. The zero-order valence-corrected chi connectivity index (χ0v) is 10.8. The van der Waals surface area contributed by atoms with Gasteiger partial charge in [0.05, 0.1) is 5.60 Å². The van der Waals surface area contributed by atoms with Gasteiger partial charge in [-0.2, -0.15) is 0 Å². The molecule has 1 fully saturated rings. The third kappa shape index (κ3) is 2.26. The average Bonchev–Trinajstić information content (AvgIpc) is 2.23. The quantitative estimate of drug-likeness (QED) is 0.706. The van der Waals surface area contributed by atoms with Crippen LogP contribution in [0.15, 0.2) is 30.3 Å². The molecule has 82 valence electrons. The van der Waals surface area contributed by atoms with Crippen molar-refractivity contribution in [2.24, 2.45) is 0 Å². The third-order valence-electron chi connectivity index (χ3n) is 3.15. The van der Waals surface area contributed by atoms with Crippen LogP contribution in [-0.4, -0.2) is 17.0 Å². The molecular weight excluding hydrogens is 252 g/mol. The minimum absolute atomic E-state index is 0.0707. The number of hydrogen-bond acceptors (Lipinski definition) is 1. The molecule has 0 unspecified atom stereocenters. The lowest BCUT2D eigenvalue weighted by Crippen LogP contribution is -2.43. The lowest BCUT2D eigenvalue weighted by molar-refractivity contribution is -0.0518. The first-order valence-electron chi connectivity index (χ1n) is 5.44. The molecule has 1 aromatic carbocycles. The SMILES string of the molecule is CC1(C)OCC[C@H](c2ccccc2)[C@H]1Br. The van der Waals surface area contributed by atoms with E-state index in [9.17, 15) is 0 Å². The molecule has 0 amide bonds. The number of hydrogen-bond donors (Lipinski definition) is 0. The van der Waals surface area contributed by atoms with Crippen LogP contribution in [0.5, 0.6) is 0 Å². The molecule has 2 rings (SSSR count). The first-order chi connectivity index (χ1) is 7.11. The number of halogens is 1. The Labute approximate surface area is 100.0 Å². The second kappa shape index (κ2) is 4.26. The molecule has 0 aromatic heterocycles. The van der Waals surface area contributed by atoms with Crippen LogP contribution in [0.1, 0.15) is 31.7 Å². The van der Waals surface area contributed by atoms with E-state index >= 15 is 0 Å². The second-order valence-corrected chi connectivity index (χ2v) is 5.65. The van der Waals surface area contributed by atoms with Crippen molar-refractivity contribution in [3.8, 4) is 0 Å². The fourth-order valence-electron chi connectivity index (χ4n) is 2.20. The van der Waals surface area contributed by atoms with Gasteiger partial charge in [-0.1, -0.05) is 46.3 Å². The highest BCUT2D eigenvalue weighted by molar-refractivity contribution is 9.09. The summed E-state index contributed by atoms with van der Waals surface area (Å²) in [5.41, 5.74) is 1.34. The summed E-state index contributed by atoms with van der Waals surface area (Å²) in [6.45, 7) is 5.16. The number of alkyl halides is 1. The van der Waals surface area contributed by atoms with Gasteiger partial charge in [-0.3, -0.25) is 0 Å². The maximum absolute atomic E-state index is 5.78. The van der Waals surface area contributed by atoms with Gasteiger partial charge in [-0.05, 0) is 25.8 Å². The molecule has 1 aromatic rings. The van der Waals surface area contributed by atoms with Gasteiger partial charge in [-0.25, -0.2) is 0 Å². The molecule has 1 aliphatic heterocycles. The van der Waals surface area contributed by atoms with Crippen molar-refractivity contribution >= 4 is 15.9 Å². The molecule has 0 N–H and O–H groups in total. The molecule has 1 heterocycles. The molecule has 1 aliphatic rings. The van der Waals surface area contributed by atoms with E-state index in [1.54, 1.807) is 0 Å². The molecule has 1 nitrogen and oxygen atoms in total. The summed E-state index contributed by atoms with van der Waals surface area (Å²) in [7, 11) is 0. The van der Waals surface area contributed by atoms with Gasteiger partial charge < -0.3 is 4.74 Å². The Morgan fingerprint density at radius 2 is 1.93 bits per heavy atom. The van der Waals surface area contributed by atoms with E-state index in [-0.39, 0.29) is 5.60 Å². The normalized spacial score (nSPS) is 30.1. The Morgan fingerprint density at radius 1 is 1.27 bits per heavy atom. The standard InChI is InChI=1S/C13H17BrO/c1-13(2)12(14)11(8-9-15-13)10-6-4-3-5-7-10/h3-7,11-12H,8-9H2,1-2H3/t11-,12-/m1/s1. The number of rotatable bonds is 1. The fraction of sp³-hybridized carbons (Fsp3) is 0.538. The van der Waals surface area contributed by atoms with E-state index in [1.165, 1.54) is 5.56 Å². The highest BCUT2D eigenvalue weighted by Gasteiger charge is 2.38. The van der Waals surface area contributed by atoms with Crippen molar-refractivity contribution in [1.82, 2.24) is 0 Å². The van der Waals surface area contributed by atoms with E-state index in [1.807, 2.05) is 0 Å². The Balaban J connectivity index is 2.23. The summed E-state index contributed by atoms with van der Waals surface area (Å²) >= 11 is 3.79. The van der Waals surface area contributed by atoms with Crippen LogP contribution in [0.2, 0.25) is 0 Å². The summed E-state index contributed by atoms with van der Waals surface area (Å²) in [5, 5.41) is 0. The van der Waals surface area contributed by atoms with Gasteiger partial charge in [0.15, 0.2) is 0 Å². The molecule has 0 aliphatic carbocycles. The molecule has 15 heavy (non-hydrogen) atoms. The summed E-state index contributed by atoms with van der Waals surface area (Å²) in [6, 6.07) is 10.7. The highest BCUT2D eigenvalue weighted by atomic mass is 79.9. The monoisotopic (exact) mass is 268 g/mol. The van der Waals surface area contributed by atoms with Crippen molar-refractivity contribution in [2.75, 3.05) is 6.61 Å². The third-order valence-corrected chi connectivity index (χ3v) is 4.89. The lowest BCUT2D eigenvalue weighted by Gasteiger charge is -2.41. The molecule has 0 bridgehead atoms. The summed E-state index contributed by atoms with van der Waals surface area (Å²) in [5.74, 6) is 0.565. The zero-order valence-electron chi connectivity index (χ0n) is 9.24. The molecule has 0 spiro atoms. The van der Waals surface area contributed by atoms with Crippen LogP contribution in [-0.2, 0) is 4.74 Å². The van der Waals surface area contributed by atoms with Crippen LogP contribution < -0.4 is 0 Å². The van der Waals surface area contributed by atoms with Crippen molar-refractivity contribution in [3.63, 3.8) is 0 Å². The summed E-state index contributed by atoms with van der Waals surface area (Å²) in [6.07, 6.45) is 1.10. The number of benzene rings is 1. The molecule has 2 atom stereocenters. The van der Waals surface area contributed by atoms with Gasteiger partial charge in [-0.15, -0.1) is 0 Å². The van der Waals surface area contributed by atoms with Crippen LogP contribution in [0.4, 0.5) is 0 Å². The second-order valence-electron chi connectivity index (χ2n) is 4.66. The van der Waals surface area contributed by atoms with Gasteiger partial charge in [0, 0.05) is 17.4 Å². The summed E-state index contributed by atoms with van der Waals surface area (Å²) in [4.78, 5) is 0.390. The molecule has 2 heteroatoms. The van der Waals surface area contributed by atoms with Gasteiger partial charge in [0.2, 0.25) is 0 Å². The van der Waals surface area contributed by atoms with Crippen LogP contribution >= 0.6 is 15.9 Å². The zero-order chi connectivity index (χ0) is 10.9. The Kier molecular flexibility index (Phi) is 3.17. The van der Waals surface area contributed by atoms with Crippen LogP contribution in [0.3, 0.4) is 0 Å². The van der Waals surface area contributed by atoms with E-state index in [2.05, 4.69) is 60.1 Å². The first-order valence-corrected chi connectivity index (χ1v) is 6.36. The smallest absolute Gasteiger partial charge is 0.0756 e. The van der Waals surface area contributed by atoms with E-state index < -0.39 is 0 Å². The molecule has 1 saturated heterocycles. The van der Waals surface area contributed by atoms with Gasteiger partial charge >= 0.3 is 0 Å². The molecule has 0 radical (unpaired) electrons. The summed E-state index contributed by atoms with van der Waals surface area (Å²) < 4.78 is 5.78. The molecular formula is C13H17BrO.